The summed E-state index contributed by atoms with van der Waals surface area (Å²) in [6, 6.07) is 5.53. The number of rotatable bonds is 5. The Labute approximate surface area is 130 Å². The Morgan fingerprint density at radius 1 is 1.38 bits per heavy atom. The molecule has 0 aliphatic carbocycles. The first-order valence-corrected chi connectivity index (χ1v) is 8.06. The van der Waals surface area contributed by atoms with Crippen molar-refractivity contribution in [2.45, 2.75) is 11.4 Å². The summed E-state index contributed by atoms with van der Waals surface area (Å²) in [6.45, 7) is 0.128. The minimum Gasteiger partial charge on any atom is -0.478 e. The highest BCUT2D eigenvalue weighted by molar-refractivity contribution is 9.10. The average Bonchev–Trinajstić information content (AvgIpc) is 2.91. The Hall–Kier alpha value is -1.64. The molecule has 0 unspecified atom stereocenters. The van der Waals surface area contributed by atoms with Crippen LogP contribution in [0.1, 0.15) is 15.9 Å². The monoisotopic (exact) mass is 373 g/mol. The summed E-state index contributed by atoms with van der Waals surface area (Å²) in [5, 5.41) is 8.98. The van der Waals surface area contributed by atoms with Gasteiger partial charge in [-0.25, -0.2) is 13.2 Å². The fourth-order valence-corrected chi connectivity index (χ4v) is 3.83. The van der Waals surface area contributed by atoms with Gasteiger partial charge in [0.05, 0.1) is 23.0 Å². The molecule has 1 aromatic heterocycles. The molecule has 21 heavy (non-hydrogen) atoms. The first kappa shape index (κ1) is 15.7. The van der Waals surface area contributed by atoms with Crippen molar-refractivity contribution in [1.82, 2.24) is 4.31 Å². The second kappa shape index (κ2) is 6.00. The van der Waals surface area contributed by atoms with Crippen molar-refractivity contribution in [1.29, 1.82) is 0 Å². The van der Waals surface area contributed by atoms with Gasteiger partial charge in [0.15, 0.2) is 0 Å². The number of carboxylic acid groups (broad SMARTS) is 1. The summed E-state index contributed by atoms with van der Waals surface area (Å²) >= 11 is 3.14. The fourth-order valence-electron chi connectivity index (χ4n) is 1.73. The van der Waals surface area contributed by atoms with Crippen molar-refractivity contribution >= 4 is 31.9 Å². The van der Waals surface area contributed by atoms with E-state index in [4.69, 9.17) is 9.52 Å². The van der Waals surface area contributed by atoms with Crippen molar-refractivity contribution < 1.29 is 22.7 Å². The number of sulfonamides is 1. The van der Waals surface area contributed by atoms with Crippen LogP contribution in [0.3, 0.4) is 0 Å². The largest absolute Gasteiger partial charge is 0.478 e. The van der Waals surface area contributed by atoms with Gasteiger partial charge in [-0.1, -0.05) is 0 Å². The molecule has 112 valence electrons. The summed E-state index contributed by atoms with van der Waals surface area (Å²) in [7, 11) is -2.40. The number of carbonyl (C=O) groups is 1. The van der Waals surface area contributed by atoms with Gasteiger partial charge in [0.25, 0.3) is 0 Å². The van der Waals surface area contributed by atoms with E-state index in [0.29, 0.717) is 10.0 Å². The van der Waals surface area contributed by atoms with Crippen molar-refractivity contribution in [3.05, 3.63) is 52.4 Å². The molecule has 2 rings (SSSR count). The van der Waals surface area contributed by atoms with Crippen LogP contribution in [0.15, 0.2) is 50.6 Å². The average molecular weight is 374 g/mol. The molecule has 0 amide bonds. The van der Waals surface area contributed by atoms with Crippen LogP contribution in [0, 0.1) is 0 Å². The Morgan fingerprint density at radius 3 is 2.67 bits per heavy atom. The zero-order chi connectivity index (χ0) is 15.6. The summed E-state index contributed by atoms with van der Waals surface area (Å²) in [6.07, 6.45) is 2.91. The van der Waals surface area contributed by atoms with Gasteiger partial charge in [-0.15, -0.1) is 0 Å². The molecule has 8 heteroatoms. The first-order valence-electron chi connectivity index (χ1n) is 5.82. The van der Waals surface area contributed by atoms with E-state index < -0.39 is 16.0 Å². The lowest BCUT2D eigenvalue weighted by Crippen LogP contribution is -2.26. The van der Waals surface area contributed by atoms with Crippen LogP contribution in [-0.4, -0.2) is 30.8 Å². The van der Waals surface area contributed by atoms with E-state index in [2.05, 4.69) is 15.9 Å². The van der Waals surface area contributed by atoms with Gasteiger partial charge >= 0.3 is 5.97 Å². The molecule has 0 bridgehead atoms. The summed E-state index contributed by atoms with van der Waals surface area (Å²) in [5.41, 5.74) is 0.611. The van der Waals surface area contributed by atoms with E-state index in [1.807, 2.05) is 0 Å². The zero-order valence-corrected chi connectivity index (χ0v) is 13.4. The Morgan fingerprint density at radius 2 is 2.10 bits per heavy atom. The van der Waals surface area contributed by atoms with Crippen molar-refractivity contribution in [2.24, 2.45) is 0 Å². The number of furan rings is 1. The topological polar surface area (TPSA) is 87.8 Å². The molecule has 0 radical (unpaired) electrons. The Kier molecular flexibility index (Phi) is 4.50. The number of benzene rings is 1. The number of hydrogen-bond donors (Lipinski definition) is 1. The van der Waals surface area contributed by atoms with Crippen LogP contribution >= 0.6 is 15.9 Å². The molecular weight excluding hydrogens is 362 g/mol. The van der Waals surface area contributed by atoms with E-state index in [0.717, 1.165) is 10.4 Å². The maximum Gasteiger partial charge on any atom is 0.335 e. The minimum absolute atomic E-state index is 0.0894. The van der Waals surface area contributed by atoms with Gasteiger partial charge in [0, 0.05) is 23.6 Å². The smallest absolute Gasteiger partial charge is 0.335 e. The van der Waals surface area contributed by atoms with Gasteiger partial charge in [-0.2, -0.15) is 4.31 Å². The highest BCUT2D eigenvalue weighted by atomic mass is 79.9. The lowest BCUT2D eigenvalue weighted by Gasteiger charge is -2.17. The summed E-state index contributed by atoms with van der Waals surface area (Å²) < 4.78 is 31.4. The van der Waals surface area contributed by atoms with Gasteiger partial charge in [0.2, 0.25) is 10.0 Å². The molecule has 2 aromatic rings. The van der Waals surface area contributed by atoms with Crippen LogP contribution in [0.25, 0.3) is 0 Å². The second-order valence-corrected chi connectivity index (χ2v) is 7.21. The molecule has 1 aromatic carbocycles. The van der Waals surface area contributed by atoms with Crippen LogP contribution in [0.4, 0.5) is 0 Å². The molecule has 0 fully saturated rings. The standard InChI is InChI=1S/C13H12BrNO5S/c1-15(7-9-4-5-20-8-9)21(18,19)12-6-10(13(16)17)2-3-11(12)14/h2-6,8H,7H2,1H3,(H,16,17). The van der Waals surface area contributed by atoms with E-state index >= 15 is 0 Å². The van der Waals surface area contributed by atoms with Crippen molar-refractivity contribution in [3.8, 4) is 0 Å². The normalized spacial score (nSPS) is 11.8. The number of hydrogen-bond acceptors (Lipinski definition) is 4. The molecule has 6 nitrogen and oxygen atoms in total. The van der Waals surface area contributed by atoms with Crippen molar-refractivity contribution in [2.75, 3.05) is 7.05 Å². The molecule has 0 spiro atoms. The van der Waals surface area contributed by atoms with E-state index in [-0.39, 0.29) is 17.0 Å². The van der Waals surface area contributed by atoms with E-state index in [9.17, 15) is 13.2 Å². The second-order valence-electron chi connectivity index (χ2n) is 4.34. The van der Waals surface area contributed by atoms with E-state index in [1.54, 1.807) is 6.07 Å². The molecule has 0 aliphatic heterocycles. The third-order valence-corrected chi connectivity index (χ3v) is 5.65. The minimum atomic E-state index is -3.82. The predicted molar refractivity (Wildman–Crippen MR) is 78.5 cm³/mol. The van der Waals surface area contributed by atoms with Gasteiger partial charge in [-0.3, -0.25) is 0 Å². The molecular formula is C13H12BrNO5S. The third kappa shape index (κ3) is 3.34. The van der Waals surface area contributed by atoms with Crippen LogP contribution in [0.5, 0.6) is 0 Å². The van der Waals surface area contributed by atoms with Gasteiger partial charge in [-0.05, 0) is 40.2 Å². The lowest BCUT2D eigenvalue weighted by atomic mass is 10.2. The Balaban J connectivity index is 2.38. The number of aromatic carboxylic acids is 1. The molecule has 0 atom stereocenters. The quantitative estimate of drug-likeness (QED) is 0.869. The lowest BCUT2D eigenvalue weighted by molar-refractivity contribution is 0.0696. The van der Waals surface area contributed by atoms with Crippen LogP contribution in [0.2, 0.25) is 0 Å². The molecule has 0 saturated carbocycles. The SMILES string of the molecule is CN(Cc1ccoc1)S(=O)(=O)c1cc(C(=O)O)ccc1Br. The molecule has 1 N–H and O–H groups in total. The van der Waals surface area contributed by atoms with Gasteiger partial charge < -0.3 is 9.52 Å². The number of halogens is 1. The van der Waals surface area contributed by atoms with Crippen molar-refractivity contribution in [3.63, 3.8) is 0 Å². The van der Waals surface area contributed by atoms with Gasteiger partial charge in [0.1, 0.15) is 0 Å². The molecule has 1 heterocycles. The predicted octanol–water partition coefficient (Wildman–Crippen LogP) is 2.56. The van der Waals surface area contributed by atoms with E-state index in [1.165, 1.54) is 31.7 Å². The Bertz CT molecular complexity index is 755. The fraction of sp³-hybridized carbons (Fsp3) is 0.154. The first-order chi connectivity index (χ1) is 9.82. The van der Waals surface area contributed by atoms with Crippen LogP contribution in [-0.2, 0) is 16.6 Å². The zero-order valence-electron chi connectivity index (χ0n) is 11.0. The maximum atomic E-state index is 12.5. The summed E-state index contributed by atoms with van der Waals surface area (Å²) in [5.74, 6) is -1.18. The highest BCUT2D eigenvalue weighted by Gasteiger charge is 2.25. The molecule has 0 saturated heterocycles. The summed E-state index contributed by atoms with van der Waals surface area (Å²) in [4.78, 5) is 10.9. The molecule has 0 aliphatic rings. The number of carboxylic acids is 1. The van der Waals surface area contributed by atoms with Crippen LogP contribution < -0.4 is 0 Å². The third-order valence-electron chi connectivity index (χ3n) is 2.85. The number of nitrogens with zero attached hydrogens (tertiary/aromatic N) is 1. The maximum absolute atomic E-state index is 12.5. The highest BCUT2D eigenvalue weighted by Crippen LogP contribution is 2.26.